The second kappa shape index (κ2) is 10.2. The maximum absolute atomic E-state index is 2.61. The molecule has 0 N–H and O–H groups in total. The van der Waals surface area contributed by atoms with Crippen LogP contribution in [0.4, 0.5) is 17.1 Å². The average Bonchev–Trinajstić information content (AvgIpc) is 3.64. The van der Waals surface area contributed by atoms with Crippen molar-refractivity contribution >= 4 is 48.6 Å². The van der Waals surface area contributed by atoms with Gasteiger partial charge >= 0.3 is 0 Å². The summed E-state index contributed by atoms with van der Waals surface area (Å²) in [5.41, 5.74) is 12.5. The minimum atomic E-state index is 0.159. The molecule has 1 aromatic heterocycles. The minimum absolute atomic E-state index is 0.159. The van der Waals surface area contributed by atoms with Gasteiger partial charge in [-0.2, -0.15) is 0 Å². The van der Waals surface area contributed by atoms with Crippen LogP contribution in [0.2, 0.25) is 0 Å². The van der Waals surface area contributed by atoms with Crippen LogP contribution < -0.4 is 4.90 Å². The largest absolute Gasteiger partial charge is 0.310 e. The molecule has 7 aromatic rings. The topological polar surface area (TPSA) is 3.24 Å². The van der Waals surface area contributed by atoms with Crippen molar-refractivity contribution in [2.24, 2.45) is 23.7 Å². The number of para-hydroxylation sites is 1. The first-order valence-corrected chi connectivity index (χ1v) is 18.7. The Morgan fingerprint density at radius 1 is 0.458 bits per heavy atom. The summed E-state index contributed by atoms with van der Waals surface area (Å²) in [4.78, 5) is 2.48. The van der Waals surface area contributed by atoms with Crippen LogP contribution in [0.1, 0.15) is 43.2 Å². The highest BCUT2D eigenvalue weighted by atomic mass is 32.1. The van der Waals surface area contributed by atoms with Crippen molar-refractivity contribution in [3.8, 4) is 22.3 Å². The SMILES string of the molecule is c1ccc(N(c2ccc(-c3ccc4sc5ccccc5c4c3)cc2)c2ccc3c(c2)C2(c4ccccc4-3)C3CC4CC(C3)CC2C4)cc1. The number of rotatable bonds is 4. The number of hydrogen-bond donors (Lipinski definition) is 0. The summed E-state index contributed by atoms with van der Waals surface area (Å²) in [5, 5.41) is 2.70. The number of anilines is 3. The van der Waals surface area contributed by atoms with Crippen molar-refractivity contribution in [1.29, 1.82) is 0 Å². The number of hydrogen-bond acceptors (Lipinski definition) is 2. The molecule has 1 heterocycles. The Kier molecular flexibility index (Phi) is 5.79. The Bertz CT molecular complexity index is 2340. The molecule has 0 unspecified atom stereocenters. The zero-order valence-corrected chi connectivity index (χ0v) is 27.8. The normalized spacial score (nSPS) is 24.8. The Labute approximate surface area is 286 Å². The Hall–Kier alpha value is -4.66. The van der Waals surface area contributed by atoms with Gasteiger partial charge in [-0.05, 0) is 144 Å². The molecular weight excluding hydrogens is 599 g/mol. The zero-order chi connectivity index (χ0) is 31.4. The molecule has 5 aliphatic carbocycles. The molecule has 0 radical (unpaired) electrons. The first-order valence-electron chi connectivity index (χ1n) is 17.9. The van der Waals surface area contributed by atoms with E-state index in [1.807, 2.05) is 11.3 Å². The van der Waals surface area contributed by atoms with Crippen LogP contribution in [0.25, 0.3) is 42.4 Å². The maximum Gasteiger partial charge on any atom is 0.0465 e. The molecule has 0 saturated heterocycles. The van der Waals surface area contributed by atoms with Crippen LogP contribution in [0.5, 0.6) is 0 Å². The van der Waals surface area contributed by atoms with Gasteiger partial charge in [0.1, 0.15) is 0 Å². The van der Waals surface area contributed by atoms with Crippen LogP contribution >= 0.6 is 11.3 Å². The quantitative estimate of drug-likeness (QED) is 0.186. The lowest BCUT2D eigenvalue weighted by Crippen LogP contribution is -2.55. The van der Waals surface area contributed by atoms with Crippen LogP contribution in [0.15, 0.2) is 140 Å². The molecule has 1 nitrogen and oxygen atoms in total. The fourth-order valence-corrected chi connectivity index (χ4v) is 12.1. The van der Waals surface area contributed by atoms with Gasteiger partial charge in [0.05, 0.1) is 0 Å². The first kappa shape index (κ1) is 27.3. The monoisotopic (exact) mass is 635 g/mol. The lowest BCUT2D eigenvalue weighted by Gasteiger charge is -2.61. The number of benzene rings is 6. The van der Waals surface area contributed by atoms with Crippen molar-refractivity contribution < 1.29 is 0 Å². The summed E-state index contributed by atoms with van der Waals surface area (Å²) in [6.45, 7) is 0. The summed E-state index contributed by atoms with van der Waals surface area (Å²) < 4.78 is 2.70. The molecule has 12 rings (SSSR count). The molecule has 4 saturated carbocycles. The number of fused-ring (bicyclic) bond motifs is 6. The van der Waals surface area contributed by atoms with Crippen molar-refractivity contribution in [3.05, 3.63) is 151 Å². The summed E-state index contributed by atoms with van der Waals surface area (Å²) in [6.07, 6.45) is 7.10. The molecule has 0 atom stereocenters. The zero-order valence-electron chi connectivity index (χ0n) is 27.0. The average molecular weight is 636 g/mol. The Morgan fingerprint density at radius 2 is 1.08 bits per heavy atom. The lowest BCUT2D eigenvalue weighted by atomic mass is 9.43. The third-order valence-corrected chi connectivity index (χ3v) is 13.8. The van der Waals surface area contributed by atoms with E-state index in [0.29, 0.717) is 0 Å². The molecular formula is C46H37NS. The molecule has 48 heavy (non-hydrogen) atoms. The third-order valence-electron chi connectivity index (χ3n) is 12.6. The van der Waals surface area contributed by atoms with Gasteiger partial charge in [-0.3, -0.25) is 0 Å². The lowest BCUT2D eigenvalue weighted by molar-refractivity contribution is -0.0399. The van der Waals surface area contributed by atoms with Gasteiger partial charge in [0, 0.05) is 42.6 Å². The molecule has 0 aliphatic heterocycles. The van der Waals surface area contributed by atoms with E-state index in [-0.39, 0.29) is 5.41 Å². The molecule has 232 valence electrons. The molecule has 0 amide bonds. The van der Waals surface area contributed by atoms with Crippen molar-refractivity contribution in [2.75, 3.05) is 4.90 Å². The van der Waals surface area contributed by atoms with E-state index in [1.54, 1.807) is 11.1 Å². The fraction of sp³-hybridized carbons (Fsp3) is 0.217. The van der Waals surface area contributed by atoms with Crippen molar-refractivity contribution in [2.45, 2.75) is 37.5 Å². The van der Waals surface area contributed by atoms with E-state index < -0.39 is 0 Å². The van der Waals surface area contributed by atoms with E-state index in [2.05, 4.69) is 144 Å². The van der Waals surface area contributed by atoms with Gasteiger partial charge in [-0.25, -0.2) is 0 Å². The number of nitrogens with zero attached hydrogens (tertiary/aromatic N) is 1. The standard InChI is InChI=1S/C46H37NS/c1-2-8-35(9-3-1)47(36-17-14-31(15-18-36)32-16-21-45-41(27-32)40-11-5-7-13-44(40)48-45)37-19-20-39-38-10-4-6-12-42(38)46(43(39)28-37)33-23-29-22-30(25-33)26-34(46)24-29/h1-21,27-30,33-34H,22-26H2. The molecule has 5 aliphatic rings. The van der Waals surface area contributed by atoms with Gasteiger partial charge in [0.15, 0.2) is 0 Å². The van der Waals surface area contributed by atoms with Crippen molar-refractivity contribution in [1.82, 2.24) is 0 Å². The fourth-order valence-electron chi connectivity index (χ4n) is 11.0. The van der Waals surface area contributed by atoms with Gasteiger partial charge in [-0.1, -0.05) is 84.9 Å². The van der Waals surface area contributed by atoms with E-state index in [0.717, 1.165) is 23.7 Å². The summed E-state index contributed by atoms with van der Waals surface area (Å²) in [7, 11) is 0. The smallest absolute Gasteiger partial charge is 0.0465 e. The Balaban J connectivity index is 1.04. The van der Waals surface area contributed by atoms with Crippen LogP contribution in [0, 0.1) is 23.7 Å². The second-order valence-corrected chi connectivity index (χ2v) is 16.1. The maximum atomic E-state index is 2.61. The highest BCUT2D eigenvalue weighted by Crippen LogP contribution is 2.69. The molecule has 4 fully saturated rings. The first-order chi connectivity index (χ1) is 23.7. The van der Waals surface area contributed by atoms with Crippen LogP contribution in [-0.2, 0) is 5.41 Å². The highest BCUT2D eigenvalue weighted by molar-refractivity contribution is 7.25. The van der Waals surface area contributed by atoms with Crippen LogP contribution in [0.3, 0.4) is 0 Å². The molecule has 4 bridgehead atoms. The van der Waals surface area contributed by atoms with Crippen LogP contribution in [-0.4, -0.2) is 0 Å². The van der Waals surface area contributed by atoms with Gasteiger partial charge in [0.2, 0.25) is 0 Å². The summed E-state index contributed by atoms with van der Waals surface area (Å²) in [6, 6.07) is 52.8. The van der Waals surface area contributed by atoms with Crippen molar-refractivity contribution in [3.63, 3.8) is 0 Å². The molecule has 6 aromatic carbocycles. The number of thiophene rings is 1. The molecule has 2 heteroatoms. The van der Waals surface area contributed by atoms with Gasteiger partial charge in [0.25, 0.3) is 0 Å². The third kappa shape index (κ3) is 3.78. The summed E-state index contributed by atoms with van der Waals surface area (Å²) in [5.74, 6) is 3.40. The molecule has 1 spiro atoms. The highest BCUT2D eigenvalue weighted by Gasteiger charge is 2.61. The Morgan fingerprint density at radius 3 is 1.90 bits per heavy atom. The predicted octanol–water partition coefficient (Wildman–Crippen LogP) is 12.9. The van der Waals surface area contributed by atoms with E-state index in [1.165, 1.54) is 91.6 Å². The summed E-state index contributed by atoms with van der Waals surface area (Å²) >= 11 is 1.88. The second-order valence-electron chi connectivity index (χ2n) is 15.0. The van der Waals surface area contributed by atoms with E-state index in [4.69, 9.17) is 0 Å². The van der Waals surface area contributed by atoms with Gasteiger partial charge in [-0.15, -0.1) is 11.3 Å². The van der Waals surface area contributed by atoms with Gasteiger partial charge < -0.3 is 4.90 Å². The predicted molar refractivity (Wildman–Crippen MR) is 203 cm³/mol. The minimum Gasteiger partial charge on any atom is -0.310 e. The van der Waals surface area contributed by atoms with E-state index >= 15 is 0 Å². The van der Waals surface area contributed by atoms with E-state index in [9.17, 15) is 0 Å².